The van der Waals surface area contributed by atoms with Gasteiger partial charge in [0.05, 0.1) is 31.0 Å². The third-order valence-corrected chi connectivity index (χ3v) is 5.96. The van der Waals surface area contributed by atoms with Gasteiger partial charge in [-0.3, -0.25) is 9.59 Å². The highest BCUT2D eigenvalue weighted by atomic mass is 16.5. The van der Waals surface area contributed by atoms with Gasteiger partial charge in [0.15, 0.2) is 0 Å². The minimum Gasteiger partial charge on any atom is -0.423 e. The van der Waals surface area contributed by atoms with Gasteiger partial charge in [-0.1, -0.05) is 39.8 Å². The molecule has 1 spiro atoms. The molecule has 0 radical (unpaired) electrons. The fraction of sp³-hybridized carbons (Fsp3) is 0.714. The Morgan fingerprint density at radius 1 is 1.31 bits per heavy atom. The van der Waals surface area contributed by atoms with Gasteiger partial charge in [0.2, 0.25) is 23.6 Å². The van der Waals surface area contributed by atoms with Crippen molar-refractivity contribution in [2.45, 2.75) is 59.3 Å². The van der Waals surface area contributed by atoms with Crippen molar-refractivity contribution in [3.63, 3.8) is 0 Å². The zero-order valence-corrected chi connectivity index (χ0v) is 17.8. The Labute approximate surface area is 171 Å². The number of ether oxygens (including phenoxy) is 1. The maximum atomic E-state index is 13.5. The van der Waals surface area contributed by atoms with E-state index in [1.54, 1.807) is 4.90 Å². The van der Waals surface area contributed by atoms with E-state index in [1.807, 2.05) is 30.9 Å². The summed E-state index contributed by atoms with van der Waals surface area (Å²) in [5.74, 6) is -0.0691. The van der Waals surface area contributed by atoms with Crippen LogP contribution in [0.3, 0.4) is 0 Å². The Kier molecular flexibility index (Phi) is 4.80. The van der Waals surface area contributed by atoms with Gasteiger partial charge in [0.1, 0.15) is 5.60 Å². The molecule has 4 heterocycles. The van der Waals surface area contributed by atoms with Crippen molar-refractivity contribution >= 4 is 11.8 Å². The number of aromatic nitrogens is 2. The van der Waals surface area contributed by atoms with Crippen LogP contribution in [-0.2, 0) is 27.3 Å². The van der Waals surface area contributed by atoms with Gasteiger partial charge < -0.3 is 19.0 Å². The first-order valence-corrected chi connectivity index (χ1v) is 10.4. The normalized spacial score (nSPS) is 30.3. The summed E-state index contributed by atoms with van der Waals surface area (Å²) < 4.78 is 11.8. The molecule has 3 aliphatic heterocycles. The van der Waals surface area contributed by atoms with E-state index in [1.165, 1.54) is 0 Å². The summed E-state index contributed by atoms with van der Waals surface area (Å²) >= 11 is 0. The molecule has 0 aliphatic carbocycles. The van der Waals surface area contributed by atoms with E-state index in [-0.39, 0.29) is 29.9 Å². The van der Waals surface area contributed by atoms with Crippen LogP contribution in [0.2, 0.25) is 0 Å². The van der Waals surface area contributed by atoms with Gasteiger partial charge in [-0.15, -0.1) is 10.2 Å². The molecule has 29 heavy (non-hydrogen) atoms. The lowest BCUT2D eigenvalue weighted by atomic mass is 9.76. The van der Waals surface area contributed by atoms with E-state index in [9.17, 15) is 9.59 Å². The number of aryl methyl sites for hydroxylation is 1. The number of rotatable bonds is 6. The molecule has 0 saturated carbocycles. The molecule has 8 heteroatoms. The summed E-state index contributed by atoms with van der Waals surface area (Å²) in [6.07, 6.45) is 4.24. The summed E-state index contributed by atoms with van der Waals surface area (Å²) in [5.41, 5.74) is -0.691. The quantitative estimate of drug-likeness (QED) is 0.674. The van der Waals surface area contributed by atoms with Crippen LogP contribution in [0.25, 0.3) is 0 Å². The monoisotopic (exact) mass is 402 g/mol. The maximum absolute atomic E-state index is 13.5. The van der Waals surface area contributed by atoms with Crippen LogP contribution in [0.1, 0.15) is 46.4 Å². The molecule has 0 aromatic carbocycles. The van der Waals surface area contributed by atoms with Crippen molar-refractivity contribution in [2.24, 2.45) is 17.3 Å². The molecule has 1 aromatic rings. The number of nitrogens with zero attached hydrogens (tertiary/aromatic N) is 4. The van der Waals surface area contributed by atoms with Crippen LogP contribution in [0.4, 0.5) is 0 Å². The van der Waals surface area contributed by atoms with Gasteiger partial charge in [-0.05, 0) is 12.3 Å². The lowest BCUT2D eigenvalue weighted by Gasteiger charge is -2.29. The molecule has 3 aliphatic rings. The van der Waals surface area contributed by atoms with E-state index in [0.29, 0.717) is 37.8 Å². The number of hydrogen-bond donors (Lipinski definition) is 0. The zero-order chi connectivity index (χ0) is 21.0. The van der Waals surface area contributed by atoms with Crippen molar-refractivity contribution in [1.29, 1.82) is 0 Å². The molecule has 2 fully saturated rings. The number of carbonyl (C=O) groups is 2. The molecule has 2 bridgehead atoms. The molecule has 8 nitrogen and oxygen atoms in total. The Balaban J connectivity index is 1.55. The topological polar surface area (TPSA) is 88.8 Å². The third-order valence-electron chi connectivity index (χ3n) is 5.96. The molecule has 2 saturated heterocycles. The standard InChI is InChI=1S/C21H30N4O4/c1-6-14-22-23-15(28-14)10-24(7-2)18(26)16-13-8-9-21(29-13)12-25(11-20(3,4)5)19(27)17(16)21/h8-9,13,16-17H,6-7,10-12H2,1-5H3/t13-,16?,17?,21-/m1/s1. The first kappa shape index (κ1) is 20.1. The van der Waals surface area contributed by atoms with E-state index < -0.39 is 17.4 Å². The van der Waals surface area contributed by atoms with Crippen molar-refractivity contribution in [3.8, 4) is 0 Å². The summed E-state index contributed by atoms with van der Waals surface area (Å²) in [7, 11) is 0. The van der Waals surface area contributed by atoms with E-state index >= 15 is 0 Å². The number of fused-ring (bicyclic) bond motifs is 1. The van der Waals surface area contributed by atoms with Crippen molar-refractivity contribution < 1.29 is 18.7 Å². The minimum atomic E-state index is -0.674. The number of hydrogen-bond acceptors (Lipinski definition) is 6. The first-order chi connectivity index (χ1) is 13.7. The second-order valence-corrected chi connectivity index (χ2v) is 9.45. The van der Waals surface area contributed by atoms with Crippen molar-refractivity contribution in [2.75, 3.05) is 19.6 Å². The lowest BCUT2D eigenvalue weighted by molar-refractivity contribution is -0.144. The van der Waals surface area contributed by atoms with Crippen LogP contribution >= 0.6 is 0 Å². The molecule has 2 unspecified atom stereocenters. The van der Waals surface area contributed by atoms with Crippen LogP contribution in [0.5, 0.6) is 0 Å². The first-order valence-electron chi connectivity index (χ1n) is 10.4. The van der Waals surface area contributed by atoms with E-state index in [4.69, 9.17) is 9.15 Å². The van der Waals surface area contributed by atoms with Gasteiger partial charge in [-0.25, -0.2) is 0 Å². The molecule has 158 valence electrons. The van der Waals surface area contributed by atoms with Crippen LogP contribution in [0.15, 0.2) is 16.6 Å². The summed E-state index contributed by atoms with van der Waals surface area (Å²) in [6.45, 7) is 12.1. The Hall–Kier alpha value is -2.22. The highest BCUT2D eigenvalue weighted by Crippen LogP contribution is 2.52. The number of likely N-dealkylation sites (tertiary alicyclic amines) is 1. The van der Waals surface area contributed by atoms with Gasteiger partial charge in [0.25, 0.3) is 0 Å². The number of carbonyl (C=O) groups excluding carboxylic acids is 2. The van der Waals surface area contributed by atoms with Crippen LogP contribution < -0.4 is 0 Å². The van der Waals surface area contributed by atoms with E-state index in [0.717, 1.165) is 0 Å². The average Bonchev–Trinajstić information content (AvgIpc) is 3.39. The Morgan fingerprint density at radius 3 is 2.66 bits per heavy atom. The second kappa shape index (κ2) is 6.93. The predicted octanol–water partition coefficient (Wildman–Crippen LogP) is 1.81. The van der Waals surface area contributed by atoms with Crippen molar-refractivity contribution in [3.05, 3.63) is 23.9 Å². The molecular formula is C21H30N4O4. The fourth-order valence-corrected chi connectivity index (χ4v) is 4.78. The van der Waals surface area contributed by atoms with Crippen LogP contribution in [0, 0.1) is 17.3 Å². The molecule has 4 rings (SSSR count). The lowest BCUT2D eigenvalue weighted by Crippen LogP contribution is -2.46. The minimum absolute atomic E-state index is 0.0173. The SMILES string of the molecule is CCc1nnc(CN(CC)C(=O)C2C3C(=O)N(CC(C)(C)C)C[C@]34C=C[C@H]2O4)o1. The largest absolute Gasteiger partial charge is 0.423 e. The second-order valence-electron chi connectivity index (χ2n) is 9.45. The highest BCUT2D eigenvalue weighted by Gasteiger charge is 2.67. The highest BCUT2D eigenvalue weighted by molar-refractivity contribution is 5.93. The molecule has 1 aromatic heterocycles. The summed E-state index contributed by atoms with van der Waals surface area (Å²) in [5, 5.41) is 8.01. The molecular weight excluding hydrogens is 372 g/mol. The van der Waals surface area contributed by atoms with Gasteiger partial charge in [-0.2, -0.15) is 0 Å². The van der Waals surface area contributed by atoms with Crippen molar-refractivity contribution in [1.82, 2.24) is 20.0 Å². The summed E-state index contributed by atoms with van der Waals surface area (Å²) in [6, 6.07) is 0. The van der Waals surface area contributed by atoms with E-state index in [2.05, 4.69) is 31.0 Å². The van der Waals surface area contributed by atoms with Gasteiger partial charge in [0, 0.05) is 19.5 Å². The average molecular weight is 402 g/mol. The number of amides is 2. The molecule has 0 N–H and O–H groups in total. The van der Waals surface area contributed by atoms with Crippen LogP contribution in [-0.4, -0.2) is 63.2 Å². The van der Waals surface area contributed by atoms with Gasteiger partial charge >= 0.3 is 0 Å². The Morgan fingerprint density at radius 2 is 2.03 bits per heavy atom. The smallest absolute Gasteiger partial charge is 0.235 e. The molecule has 2 amide bonds. The Bertz CT molecular complexity index is 842. The third kappa shape index (κ3) is 3.37. The summed E-state index contributed by atoms with van der Waals surface area (Å²) in [4.78, 5) is 30.3. The molecule has 4 atom stereocenters. The fourth-order valence-electron chi connectivity index (χ4n) is 4.78. The predicted molar refractivity (Wildman–Crippen MR) is 105 cm³/mol. The maximum Gasteiger partial charge on any atom is 0.235 e. The zero-order valence-electron chi connectivity index (χ0n) is 17.8.